The molecule has 1 fully saturated rings. The first-order valence-corrected chi connectivity index (χ1v) is 9.83. The molecule has 120 valence electrons. The molecule has 1 atom stereocenters. The molecule has 0 aromatic carbocycles. The van der Waals surface area contributed by atoms with E-state index in [1.165, 1.54) is 11.3 Å². The van der Waals surface area contributed by atoms with Gasteiger partial charge in [-0.1, -0.05) is 6.92 Å². The molecule has 0 amide bonds. The number of rotatable bonds is 8. The molecule has 1 aromatic heterocycles. The van der Waals surface area contributed by atoms with Gasteiger partial charge in [0.15, 0.2) is 0 Å². The number of thiophene rings is 1. The van der Waals surface area contributed by atoms with Gasteiger partial charge in [0.05, 0.1) is 11.5 Å². The van der Waals surface area contributed by atoms with Crippen LogP contribution in [0.2, 0.25) is 0 Å². The summed E-state index contributed by atoms with van der Waals surface area (Å²) in [6, 6.07) is 1.76. The van der Waals surface area contributed by atoms with Crippen molar-refractivity contribution in [3.8, 4) is 0 Å². The second kappa shape index (κ2) is 8.24. The molecular weight excluding hydrogens is 308 g/mol. The molecule has 7 heteroatoms. The van der Waals surface area contributed by atoms with Crippen LogP contribution < -0.4 is 10.0 Å². The second-order valence-electron chi connectivity index (χ2n) is 5.36. The minimum absolute atomic E-state index is 0.290. The Balaban J connectivity index is 1.86. The van der Waals surface area contributed by atoms with Crippen molar-refractivity contribution in [2.45, 2.75) is 37.6 Å². The molecule has 1 aliphatic rings. The SMILES string of the molecule is CCCNCc1cc(S(=O)(=O)NCC2CCCOC2)cs1. The highest BCUT2D eigenvalue weighted by Crippen LogP contribution is 2.20. The fourth-order valence-electron chi connectivity index (χ4n) is 2.26. The van der Waals surface area contributed by atoms with Crippen molar-refractivity contribution in [3.63, 3.8) is 0 Å². The first kappa shape index (κ1) is 16.9. The van der Waals surface area contributed by atoms with E-state index in [1.54, 1.807) is 11.4 Å². The van der Waals surface area contributed by atoms with Crippen LogP contribution in [0.15, 0.2) is 16.3 Å². The van der Waals surface area contributed by atoms with Crippen LogP contribution in [0.1, 0.15) is 31.1 Å². The third kappa shape index (κ3) is 5.34. The van der Waals surface area contributed by atoms with Gasteiger partial charge >= 0.3 is 0 Å². The molecule has 0 saturated carbocycles. The number of ether oxygens (including phenoxy) is 1. The maximum Gasteiger partial charge on any atom is 0.241 e. The van der Waals surface area contributed by atoms with E-state index >= 15 is 0 Å². The van der Waals surface area contributed by atoms with Crippen LogP contribution in [0.5, 0.6) is 0 Å². The highest BCUT2D eigenvalue weighted by atomic mass is 32.2. The lowest BCUT2D eigenvalue weighted by Crippen LogP contribution is -2.33. The topological polar surface area (TPSA) is 67.4 Å². The molecule has 0 aliphatic carbocycles. The summed E-state index contributed by atoms with van der Waals surface area (Å²) < 4.78 is 32.6. The first-order valence-electron chi connectivity index (χ1n) is 7.47. The molecule has 2 rings (SSSR count). The monoisotopic (exact) mass is 332 g/mol. The zero-order chi connectivity index (χ0) is 15.1. The Bertz CT molecular complexity index is 522. The van der Waals surface area contributed by atoms with E-state index in [-0.39, 0.29) is 5.92 Å². The third-order valence-corrected chi connectivity index (χ3v) is 5.97. The van der Waals surface area contributed by atoms with Crippen LogP contribution in [0.25, 0.3) is 0 Å². The minimum atomic E-state index is -3.39. The molecule has 5 nitrogen and oxygen atoms in total. The Hall–Kier alpha value is -0.470. The van der Waals surface area contributed by atoms with Crippen LogP contribution in [0.3, 0.4) is 0 Å². The molecule has 1 aliphatic heterocycles. The van der Waals surface area contributed by atoms with E-state index < -0.39 is 10.0 Å². The molecule has 1 saturated heterocycles. The van der Waals surface area contributed by atoms with Crippen molar-refractivity contribution in [1.29, 1.82) is 0 Å². The van der Waals surface area contributed by atoms with Gasteiger partial charge in [0.25, 0.3) is 0 Å². The molecule has 1 unspecified atom stereocenters. The van der Waals surface area contributed by atoms with Gasteiger partial charge in [-0.25, -0.2) is 13.1 Å². The Labute approximate surface area is 131 Å². The molecule has 2 heterocycles. The van der Waals surface area contributed by atoms with Crippen molar-refractivity contribution in [2.24, 2.45) is 5.92 Å². The first-order chi connectivity index (χ1) is 10.1. The fourth-order valence-corrected chi connectivity index (χ4v) is 4.62. The number of hydrogen-bond donors (Lipinski definition) is 2. The van der Waals surface area contributed by atoms with Gasteiger partial charge in [-0.05, 0) is 37.8 Å². The van der Waals surface area contributed by atoms with Crippen LogP contribution >= 0.6 is 11.3 Å². The zero-order valence-corrected chi connectivity index (χ0v) is 14.1. The zero-order valence-electron chi connectivity index (χ0n) is 12.4. The maximum absolute atomic E-state index is 12.3. The average Bonchev–Trinajstić information content (AvgIpc) is 2.96. The molecule has 0 radical (unpaired) electrons. The highest BCUT2D eigenvalue weighted by molar-refractivity contribution is 7.89. The van der Waals surface area contributed by atoms with Crippen molar-refractivity contribution in [1.82, 2.24) is 10.0 Å². The summed E-state index contributed by atoms with van der Waals surface area (Å²) >= 11 is 1.48. The normalized spacial score (nSPS) is 19.8. The predicted molar refractivity (Wildman–Crippen MR) is 85.0 cm³/mol. The lowest BCUT2D eigenvalue weighted by atomic mass is 10.0. The number of sulfonamides is 1. The summed E-state index contributed by atoms with van der Waals surface area (Å²) in [5, 5.41) is 4.99. The maximum atomic E-state index is 12.3. The summed E-state index contributed by atoms with van der Waals surface area (Å²) in [6.07, 6.45) is 3.11. The number of hydrogen-bond acceptors (Lipinski definition) is 5. The van der Waals surface area contributed by atoms with Gasteiger partial charge < -0.3 is 10.1 Å². The van der Waals surface area contributed by atoms with Crippen molar-refractivity contribution in [2.75, 3.05) is 26.3 Å². The van der Waals surface area contributed by atoms with E-state index in [2.05, 4.69) is 17.0 Å². The van der Waals surface area contributed by atoms with E-state index in [9.17, 15) is 8.42 Å². The number of nitrogens with one attached hydrogen (secondary N) is 2. The van der Waals surface area contributed by atoms with E-state index in [1.807, 2.05) is 0 Å². The van der Waals surface area contributed by atoms with E-state index in [4.69, 9.17) is 4.74 Å². The molecule has 0 spiro atoms. The minimum Gasteiger partial charge on any atom is -0.381 e. The molecule has 0 bridgehead atoms. The van der Waals surface area contributed by atoms with Gasteiger partial charge in [0.2, 0.25) is 10.0 Å². The van der Waals surface area contributed by atoms with Gasteiger partial charge in [-0.2, -0.15) is 0 Å². The van der Waals surface area contributed by atoms with Crippen molar-refractivity contribution < 1.29 is 13.2 Å². The Morgan fingerprint density at radius 2 is 2.33 bits per heavy atom. The highest BCUT2D eigenvalue weighted by Gasteiger charge is 2.20. The van der Waals surface area contributed by atoms with Gasteiger partial charge in [-0.3, -0.25) is 0 Å². The Morgan fingerprint density at radius 3 is 3.05 bits per heavy atom. The Kier molecular flexibility index (Phi) is 6.63. The standard InChI is InChI=1S/C14H24N2O3S2/c1-2-5-15-9-13-7-14(11-20-13)21(17,18)16-8-12-4-3-6-19-10-12/h7,11-12,15-16H,2-6,8-10H2,1H3. The van der Waals surface area contributed by atoms with Gasteiger partial charge in [0.1, 0.15) is 0 Å². The van der Waals surface area contributed by atoms with Crippen LogP contribution in [-0.4, -0.2) is 34.7 Å². The van der Waals surface area contributed by atoms with Gasteiger partial charge in [0, 0.05) is 30.0 Å². The van der Waals surface area contributed by atoms with Crippen LogP contribution in [-0.2, 0) is 21.3 Å². The summed E-state index contributed by atoms with van der Waals surface area (Å²) in [7, 11) is -3.39. The Morgan fingerprint density at radius 1 is 1.48 bits per heavy atom. The van der Waals surface area contributed by atoms with Crippen molar-refractivity contribution in [3.05, 3.63) is 16.3 Å². The van der Waals surface area contributed by atoms with Gasteiger partial charge in [-0.15, -0.1) is 11.3 Å². The molecule has 1 aromatic rings. The molecule has 2 N–H and O–H groups in total. The second-order valence-corrected chi connectivity index (χ2v) is 8.12. The quantitative estimate of drug-likeness (QED) is 0.714. The largest absolute Gasteiger partial charge is 0.381 e. The molecule has 21 heavy (non-hydrogen) atoms. The van der Waals surface area contributed by atoms with Crippen LogP contribution in [0.4, 0.5) is 0 Å². The lowest BCUT2D eigenvalue weighted by Gasteiger charge is -2.21. The average molecular weight is 332 g/mol. The van der Waals surface area contributed by atoms with E-state index in [0.29, 0.717) is 18.0 Å². The summed E-state index contributed by atoms with van der Waals surface area (Å²) in [5.41, 5.74) is 0. The van der Waals surface area contributed by atoms with E-state index in [0.717, 1.165) is 43.8 Å². The van der Waals surface area contributed by atoms with Crippen LogP contribution in [0, 0.1) is 5.92 Å². The lowest BCUT2D eigenvalue weighted by molar-refractivity contribution is 0.0568. The predicted octanol–water partition coefficient (Wildman–Crippen LogP) is 1.95. The smallest absolute Gasteiger partial charge is 0.241 e. The van der Waals surface area contributed by atoms with Crippen molar-refractivity contribution >= 4 is 21.4 Å². The summed E-state index contributed by atoms with van der Waals surface area (Å²) in [6.45, 7) is 5.68. The summed E-state index contributed by atoms with van der Waals surface area (Å²) in [4.78, 5) is 1.42. The summed E-state index contributed by atoms with van der Waals surface area (Å²) in [5.74, 6) is 0.290. The molecular formula is C14H24N2O3S2. The fraction of sp³-hybridized carbons (Fsp3) is 0.714. The third-order valence-electron chi connectivity index (χ3n) is 3.48.